The lowest BCUT2D eigenvalue weighted by molar-refractivity contribution is 0.180. The van der Waals surface area contributed by atoms with Gasteiger partial charge in [-0.15, -0.1) is 0 Å². The molecule has 0 bridgehead atoms. The third-order valence-corrected chi connectivity index (χ3v) is 3.97. The molecule has 1 aliphatic rings. The fourth-order valence-corrected chi connectivity index (χ4v) is 2.50. The van der Waals surface area contributed by atoms with Gasteiger partial charge in [0.1, 0.15) is 5.82 Å². The van der Waals surface area contributed by atoms with Crippen LogP contribution in [0.1, 0.15) is 26.2 Å². The van der Waals surface area contributed by atoms with Crippen molar-refractivity contribution in [3.05, 3.63) is 30.3 Å². The molecule has 0 spiro atoms. The molecule has 0 radical (unpaired) electrons. The van der Waals surface area contributed by atoms with Gasteiger partial charge >= 0.3 is 0 Å². The minimum absolute atomic E-state index is 0.470. The van der Waals surface area contributed by atoms with Crippen LogP contribution < -0.4 is 11.1 Å². The molecule has 0 atom stereocenters. The maximum atomic E-state index is 5.76. The van der Waals surface area contributed by atoms with Gasteiger partial charge in [0.25, 0.3) is 0 Å². The van der Waals surface area contributed by atoms with Crippen LogP contribution >= 0.6 is 0 Å². The van der Waals surface area contributed by atoms with E-state index < -0.39 is 0 Å². The number of benzene rings is 1. The molecule has 0 saturated heterocycles. The molecule has 1 aromatic carbocycles. The highest BCUT2D eigenvalue weighted by atomic mass is 15.0. The SMILES string of the molecule is CC1(CNc2ccc3cc(N)ccc3n2)CCC1. The van der Waals surface area contributed by atoms with Crippen molar-refractivity contribution in [3.63, 3.8) is 0 Å². The van der Waals surface area contributed by atoms with Crippen LogP contribution in [0, 0.1) is 5.41 Å². The maximum absolute atomic E-state index is 5.76. The van der Waals surface area contributed by atoms with Crippen molar-refractivity contribution in [3.8, 4) is 0 Å². The normalized spacial score (nSPS) is 17.4. The molecule has 3 rings (SSSR count). The van der Waals surface area contributed by atoms with Gasteiger partial charge in [0, 0.05) is 17.6 Å². The summed E-state index contributed by atoms with van der Waals surface area (Å²) in [7, 11) is 0. The highest BCUT2D eigenvalue weighted by Gasteiger charge is 2.31. The van der Waals surface area contributed by atoms with Crippen LogP contribution in [0.25, 0.3) is 10.9 Å². The molecule has 3 heteroatoms. The van der Waals surface area contributed by atoms with E-state index in [0.717, 1.165) is 29.0 Å². The van der Waals surface area contributed by atoms with E-state index in [4.69, 9.17) is 5.73 Å². The molecule has 1 saturated carbocycles. The third-order valence-electron chi connectivity index (χ3n) is 3.97. The zero-order valence-corrected chi connectivity index (χ0v) is 10.7. The number of nitrogens with two attached hydrogens (primary N) is 1. The van der Waals surface area contributed by atoms with E-state index in [9.17, 15) is 0 Å². The summed E-state index contributed by atoms with van der Waals surface area (Å²) in [6.45, 7) is 3.35. The number of nitrogens with zero attached hydrogens (tertiary/aromatic N) is 1. The van der Waals surface area contributed by atoms with Crippen molar-refractivity contribution in [2.75, 3.05) is 17.6 Å². The minimum atomic E-state index is 0.470. The molecule has 0 unspecified atom stereocenters. The van der Waals surface area contributed by atoms with E-state index in [0.29, 0.717) is 5.41 Å². The fourth-order valence-electron chi connectivity index (χ4n) is 2.50. The Bertz CT molecular complexity index is 573. The van der Waals surface area contributed by atoms with E-state index in [2.05, 4.69) is 23.3 Å². The Morgan fingerprint density at radius 3 is 2.83 bits per heavy atom. The highest BCUT2D eigenvalue weighted by molar-refractivity contribution is 5.83. The first-order chi connectivity index (χ1) is 8.65. The van der Waals surface area contributed by atoms with Crippen molar-refractivity contribution < 1.29 is 0 Å². The summed E-state index contributed by atoms with van der Waals surface area (Å²) in [4.78, 5) is 4.61. The van der Waals surface area contributed by atoms with Crippen molar-refractivity contribution in [2.24, 2.45) is 5.41 Å². The van der Waals surface area contributed by atoms with Crippen molar-refractivity contribution >= 4 is 22.4 Å². The average Bonchev–Trinajstić information content (AvgIpc) is 2.34. The lowest BCUT2D eigenvalue weighted by Gasteiger charge is -2.38. The minimum Gasteiger partial charge on any atom is -0.399 e. The van der Waals surface area contributed by atoms with Crippen LogP contribution in [0.15, 0.2) is 30.3 Å². The Morgan fingerprint density at radius 1 is 1.28 bits per heavy atom. The predicted molar refractivity (Wildman–Crippen MR) is 76.6 cm³/mol. The van der Waals surface area contributed by atoms with Gasteiger partial charge in [-0.1, -0.05) is 13.3 Å². The number of fused-ring (bicyclic) bond motifs is 1. The molecule has 1 aliphatic carbocycles. The Labute approximate surface area is 107 Å². The smallest absolute Gasteiger partial charge is 0.126 e. The number of rotatable bonds is 3. The molecule has 3 N–H and O–H groups in total. The number of aromatic nitrogens is 1. The molecule has 2 aromatic rings. The quantitative estimate of drug-likeness (QED) is 0.809. The second-order valence-corrected chi connectivity index (χ2v) is 5.67. The molecule has 0 amide bonds. The van der Waals surface area contributed by atoms with Gasteiger partial charge in [-0.05, 0) is 48.6 Å². The number of nitrogen functional groups attached to an aromatic ring is 1. The van der Waals surface area contributed by atoms with Crippen LogP contribution in [-0.2, 0) is 0 Å². The van der Waals surface area contributed by atoms with E-state index in [1.165, 1.54) is 19.3 Å². The molecule has 18 heavy (non-hydrogen) atoms. The van der Waals surface area contributed by atoms with E-state index in [1.54, 1.807) is 0 Å². The fraction of sp³-hybridized carbons (Fsp3) is 0.400. The van der Waals surface area contributed by atoms with Gasteiger partial charge in [0.05, 0.1) is 5.52 Å². The first-order valence-corrected chi connectivity index (χ1v) is 6.55. The number of hydrogen-bond donors (Lipinski definition) is 2. The number of nitrogens with one attached hydrogen (secondary N) is 1. The summed E-state index contributed by atoms with van der Waals surface area (Å²) in [6.07, 6.45) is 4.01. The molecule has 1 fully saturated rings. The summed E-state index contributed by atoms with van der Waals surface area (Å²) >= 11 is 0. The lowest BCUT2D eigenvalue weighted by Crippen LogP contribution is -2.33. The van der Waals surface area contributed by atoms with Gasteiger partial charge in [-0.3, -0.25) is 0 Å². The molecular weight excluding hydrogens is 222 g/mol. The van der Waals surface area contributed by atoms with Crippen LogP contribution in [0.5, 0.6) is 0 Å². The average molecular weight is 241 g/mol. The molecule has 94 valence electrons. The zero-order chi connectivity index (χ0) is 12.6. The third kappa shape index (κ3) is 2.13. The van der Waals surface area contributed by atoms with Crippen LogP contribution in [0.4, 0.5) is 11.5 Å². The molecule has 3 nitrogen and oxygen atoms in total. The van der Waals surface area contributed by atoms with Gasteiger partial charge < -0.3 is 11.1 Å². The predicted octanol–water partition coefficient (Wildman–Crippen LogP) is 3.42. The van der Waals surface area contributed by atoms with Crippen molar-refractivity contribution in [1.82, 2.24) is 4.98 Å². The van der Waals surface area contributed by atoms with Gasteiger partial charge in [0.15, 0.2) is 0 Å². The summed E-state index contributed by atoms with van der Waals surface area (Å²) in [5.41, 5.74) is 8.01. The van der Waals surface area contributed by atoms with E-state index in [-0.39, 0.29) is 0 Å². The molecule has 1 heterocycles. The Morgan fingerprint density at radius 2 is 2.11 bits per heavy atom. The van der Waals surface area contributed by atoms with E-state index >= 15 is 0 Å². The van der Waals surface area contributed by atoms with Crippen LogP contribution in [0.3, 0.4) is 0 Å². The number of anilines is 2. The molecule has 0 aliphatic heterocycles. The summed E-state index contributed by atoms with van der Waals surface area (Å²) < 4.78 is 0. The van der Waals surface area contributed by atoms with Crippen molar-refractivity contribution in [1.29, 1.82) is 0 Å². The van der Waals surface area contributed by atoms with Gasteiger partial charge in [0.2, 0.25) is 0 Å². The topological polar surface area (TPSA) is 50.9 Å². The summed E-state index contributed by atoms with van der Waals surface area (Å²) in [5, 5.41) is 4.54. The van der Waals surface area contributed by atoms with Gasteiger partial charge in [-0.2, -0.15) is 0 Å². The van der Waals surface area contributed by atoms with Crippen LogP contribution in [-0.4, -0.2) is 11.5 Å². The Hall–Kier alpha value is -1.77. The second-order valence-electron chi connectivity index (χ2n) is 5.67. The monoisotopic (exact) mass is 241 g/mol. The largest absolute Gasteiger partial charge is 0.399 e. The molecule has 1 aromatic heterocycles. The second kappa shape index (κ2) is 4.16. The number of hydrogen-bond acceptors (Lipinski definition) is 3. The van der Waals surface area contributed by atoms with Crippen LogP contribution in [0.2, 0.25) is 0 Å². The zero-order valence-electron chi connectivity index (χ0n) is 10.7. The first kappa shape index (κ1) is 11.3. The Kier molecular flexibility index (Phi) is 2.62. The van der Waals surface area contributed by atoms with E-state index in [1.807, 2.05) is 24.3 Å². The highest BCUT2D eigenvalue weighted by Crippen LogP contribution is 2.40. The maximum Gasteiger partial charge on any atom is 0.126 e. The Balaban J connectivity index is 1.78. The summed E-state index contributed by atoms with van der Waals surface area (Å²) in [5.74, 6) is 0.959. The first-order valence-electron chi connectivity index (χ1n) is 6.55. The lowest BCUT2D eigenvalue weighted by atomic mass is 9.70. The summed E-state index contributed by atoms with van der Waals surface area (Å²) in [6, 6.07) is 9.93. The number of pyridine rings is 1. The molecular formula is C15H19N3. The van der Waals surface area contributed by atoms with Crippen molar-refractivity contribution in [2.45, 2.75) is 26.2 Å². The van der Waals surface area contributed by atoms with Gasteiger partial charge in [-0.25, -0.2) is 4.98 Å². The standard InChI is InChI=1S/C15H19N3/c1-15(7-2-8-15)10-17-14-6-3-11-9-12(16)4-5-13(11)18-14/h3-6,9H,2,7-8,10,16H2,1H3,(H,17,18).